The van der Waals surface area contributed by atoms with Crippen LogP contribution < -0.4 is 10.6 Å². The lowest BCUT2D eigenvalue weighted by Crippen LogP contribution is -2.31. The van der Waals surface area contributed by atoms with E-state index in [-0.39, 0.29) is 5.82 Å². The molecule has 0 amide bonds. The number of hydrogen-bond acceptors (Lipinski definition) is 3. The third-order valence-corrected chi connectivity index (χ3v) is 4.10. The van der Waals surface area contributed by atoms with Crippen LogP contribution in [0.3, 0.4) is 0 Å². The smallest absolute Gasteiger partial charge is 0.172 e. The van der Waals surface area contributed by atoms with Gasteiger partial charge in [0.15, 0.2) is 10.9 Å². The summed E-state index contributed by atoms with van der Waals surface area (Å²) in [6, 6.07) is 6.38. The molecule has 0 unspecified atom stereocenters. The largest absolute Gasteiger partial charge is 0.362 e. The molecule has 0 bridgehead atoms. The molecule has 0 atom stereocenters. The van der Waals surface area contributed by atoms with Crippen LogP contribution in [0.2, 0.25) is 0 Å². The van der Waals surface area contributed by atoms with Gasteiger partial charge in [-0.25, -0.2) is 4.39 Å². The van der Waals surface area contributed by atoms with E-state index in [0.717, 1.165) is 29.5 Å². The molecule has 0 aliphatic heterocycles. The van der Waals surface area contributed by atoms with E-state index in [1.54, 1.807) is 16.8 Å². The second-order valence-corrected chi connectivity index (χ2v) is 6.95. The maximum Gasteiger partial charge on any atom is 0.172 e. The topological polar surface area (TPSA) is 45.1 Å². The number of anilines is 1. The zero-order chi connectivity index (χ0) is 17.5. The number of aromatic nitrogens is 2. The number of thiocarbonyl (C=S) groups is 1. The van der Waals surface area contributed by atoms with Crippen molar-refractivity contribution in [3.8, 4) is 0 Å². The minimum atomic E-state index is -0.242. The summed E-state index contributed by atoms with van der Waals surface area (Å²) in [5.41, 5.74) is 0.974. The van der Waals surface area contributed by atoms with Crippen molar-refractivity contribution < 1.29 is 4.39 Å². The normalized spacial score (nSPS) is 10.9. The van der Waals surface area contributed by atoms with Crippen LogP contribution >= 0.6 is 28.1 Å². The number of hydrogen-bond donors (Lipinski definition) is 2. The van der Waals surface area contributed by atoms with Gasteiger partial charge in [0.25, 0.3) is 0 Å². The van der Waals surface area contributed by atoms with Crippen molar-refractivity contribution >= 4 is 39.1 Å². The molecular formula is C16H21BrFN5S. The van der Waals surface area contributed by atoms with Gasteiger partial charge in [-0.3, -0.25) is 4.68 Å². The highest BCUT2D eigenvalue weighted by atomic mass is 79.9. The maximum atomic E-state index is 12.9. The molecule has 1 heterocycles. The molecular weight excluding hydrogens is 393 g/mol. The van der Waals surface area contributed by atoms with Gasteiger partial charge in [-0.15, -0.1) is 0 Å². The Bertz CT molecular complexity index is 672. The minimum absolute atomic E-state index is 0.242. The van der Waals surface area contributed by atoms with Gasteiger partial charge in [0.1, 0.15) is 5.82 Å². The zero-order valence-corrected chi connectivity index (χ0v) is 16.1. The third-order valence-electron chi connectivity index (χ3n) is 3.27. The van der Waals surface area contributed by atoms with Crippen LogP contribution in [0.1, 0.15) is 12.0 Å². The SMILES string of the molecule is CN(C)CCCNC(=S)Nc1nn(Cc2ccc(F)cc2)cc1Br. The van der Waals surface area contributed by atoms with E-state index in [1.807, 2.05) is 20.3 Å². The Balaban J connectivity index is 1.86. The van der Waals surface area contributed by atoms with Crippen LogP contribution in [-0.4, -0.2) is 47.0 Å². The highest BCUT2D eigenvalue weighted by molar-refractivity contribution is 9.10. The van der Waals surface area contributed by atoms with E-state index in [2.05, 4.69) is 36.6 Å². The van der Waals surface area contributed by atoms with Gasteiger partial charge in [-0.05, 0) is 72.9 Å². The lowest BCUT2D eigenvalue weighted by molar-refractivity contribution is 0.400. The van der Waals surface area contributed by atoms with Gasteiger partial charge in [0.05, 0.1) is 11.0 Å². The summed E-state index contributed by atoms with van der Waals surface area (Å²) >= 11 is 8.75. The van der Waals surface area contributed by atoms with Gasteiger partial charge in [0, 0.05) is 12.7 Å². The first-order valence-corrected chi connectivity index (χ1v) is 8.81. The average molecular weight is 414 g/mol. The molecule has 0 aliphatic carbocycles. The van der Waals surface area contributed by atoms with Crippen molar-refractivity contribution in [2.24, 2.45) is 0 Å². The number of nitrogens with zero attached hydrogens (tertiary/aromatic N) is 3. The van der Waals surface area contributed by atoms with Crippen LogP contribution in [0.5, 0.6) is 0 Å². The summed E-state index contributed by atoms with van der Waals surface area (Å²) in [5.74, 6) is 0.413. The predicted octanol–water partition coefficient (Wildman–Crippen LogP) is 3.07. The summed E-state index contributed by atoms with van der Waals surface area (Å²) < 4.78 is 15.5. The fourth-order valence-corrected chi connectivity index (χ4v) is 2.70. The maximum absolute atomic E-state index is 12.9. The van der Waals surface area contributed by atoms with Crippen molar-refractivity contribution in [1.29, 1.82) is 0 Å². The Morgan fingerprint density at radius 1 is 1.33 bits per heavy atom. The van der Waals surface area contributed by atoms with Crippen LogP contribution in [0.25, 0.3) is 0 Å². The van der Waals surface area contributed by atoms with E-state index in [0.29, 0.717) is 17.5 Å². The highest BCUT2D eigenvalue weighted by Gasteiger charge is 2.08. The van der Waals surface area contributed by atoms with Gasteiger partial charge in [0.2, 0.25) is 0 Å². The van der Waals surface area contributed by atoms with E-state index in [1.165, 1.54) is 12.1 Å². The summed E-state index contributed by atoms with van der Waals surface area (Å²) in [5, 5.41) is 11.2. The molecule has 2 aromatic rings. The first-order valence-electron chi connectivity index (χ1n) is 7.61. The molecule has 24 heavy (non-hydrogen) atoms. The van der Waals surface area contributed by atoms with Crippen LogP contribution in [0.15, 0.2) is 34.9 Å². The van der Waals surface area contributed by atoms with Crippen molar-refractivity contribution in [2.75, 3.05) is 32.5 Å². The number of halogens is 2. The monoisotopic (exact) mass is 413 g/mol. The quantitative estimate of drug-likeness (QED) is 0.539. The van der Waals surface area contributed by atoms with Gasteiger partial charge >= 0.3 is 0 Å². The molecule has 0 spiro atoms. The Morgan fingerprint density at radius 2 is 2.04 bits per heavy atom. The molecule has 0 saturated heterocycles. The number of rotatable bonds is 7. The molecule has 0 radical (unpaired) electrons. The second-order valence-electron chi connectivity index (χ2n) is 5.69. The summed E-state index contributed by atoms with van der Waals surface area (Å²) in [4.78, 5) is 2.13. The first kappa shape index (κ1) is 18.8. The van der Waals surface area contributed by atoms with Crippen LogP contribution in [0.4, 0.5) is 10.2 Å². The fourth-order valence-electron chi connectivity index (χ4n) is 2.09. The summed E-state index contributed by atoms with van der Waals surface area (Å²) in [6.07, 6.45) is 2.87. The molecule has 0 saturated carbocycles. The highest BCUT2D eigenvalue weighted by Crippen LogP contribution is 2.20. The first-order chi connectivity index (χ1) is 11.4. The van der Waals surface area contributed by atoms with E-state index >= 15 is 0 Å². The van der Waals surface area contributed by atoms with Crippen molar-refractivity contribution in [1.82, 2.24) is 20.0 Å². The van der Waals surface area contributed by atoms with Crippen molar-refractivity contribution in [2.45, 2.75) is 13.0 Å². The van der Waals surface area contributed by atoms with E-state index < -0.39 is 0 Å². The van der Waals surface area contributed by atoms with Crippen molar-refractivity contribution in [3.63, 3.8) is 0 Å². The van der Waals surface area contributed by atoms with Gasteiger partial charge in [-0.2, -0.15) is 5.10 Å². The molecule has 8 heteroatoms. The zero-order valence-electron chi connectivity index (χ0n) is 13.7. The van der Waals surface area contributed by atoms with E-state index in [9.17, 15) is 4.39 Å². The predicted molar refractivity (Wildman–Crippen MR) is 103 cm³/mol. The molecule has 0 fully saturated rings. The molecule has 0 aliphatic rings. The lowest BCUT2D eigenvalue weighted by atomic mass is 10.2. The second kappa shape index (κ2) is 9.10. The van der Waals surface area contributed by atoms with Gasteiger partial charge in [-0.1, -0.05) is 12.1 Å². The molecule has 1 aromatic carbocycles. The number of benzene rings is 1. The third kappa shape index (κ3) is 6.18. The molecule has 5 nitrogen and oxygen atoms in total. The van der Waals surface area contributed by atoms with Crippen molar-refractivity contribution in [3.05, 3.63) is 46.3 Å². The summed E-state index contributed by atoms with van der Waals surface area (Å²) in [6.45, 7) is 2.37. The summed E-state index contributed by atoms with van der Waals surface area (Å²) in [7, 11) is 4.09. The Labute approximate surface area is 155 Å². The number of nitrogens with one attached hydrogen (secondary N) is 2. The van der Waals surface area contributed by atoms with E-state index in [4.69, 9.17) is 12.2 Å². The Hall–Kier alpha value is -1.51. The lowest BCUT2D eigenvalue weighted by Gasteiger charge is -2.11. The molecule has 2 N–H and O–H groups in total. The average Bonchev–Trinajstić information content (AvgIpc) is 2.85. The standard InChI is InChI=1S/C16H21BrFN5S/c1-22(2)9-3-8-19-16(24)20-15-14(17)11-23(21-15)10-12-4-6-13(18)7-5-12/h4-7,11H,3,8-10H2,1-2H3,(H2,19,20,21,24). The molecule has 130 valence electrons. The van der Waals surface area contributed by atoms with Crippen LogP contribution in [0, 0.1) is 5.82 Å². The fraction of sp³-hybridized carbons (Fsp3) is 0.375. The Kier molecular flexibility index (Phi) is 7.14. The minimum Gasteiger partial charge on any atom is -0.362 e. The molecule has 1 aromatic heterocycles. The Morgan fingerprint density at radius 3 is 2.71 bits per heavy atom. The molecule has 2 rings (SSSR count). The van der Waals surface area contributed by atoms with Gasteiger partial charge < -0.3 is 15.5 Å². The van der Waals surface area contributed by atoms with Crippen LogP contribution in [-0.2, 0) is 6.54 Å².